The van der Waals surface area contributed by atoms with Gasteiger partial charge in [-0.1, -0.05) is 12.1 Å². The maximum Gasteiger partial charge on any atom is 0.241 e. The molecule has 1 fully saturated rings. The zero-order valence-electron chi connectivity index (χ0n) is 13.0. The van der Waals surface area contributed by atoms with Crippen molar-refractivity contribution in [1.82, 2.24) is 5.32 Å². The minimum absolute atomic E-state index is 0. The fraction of sp³-hybridized carbons (Fsp3) is 0.562. The van der Waals surface area contributed by atoms with E-state index in [1.807, 2.05) is 31.2 Å². The first-order chi connectivity index (χ1) is 10.3. The molecule has 0 spiro atoms. The van der Waals surface area contributed by atoms with E-state index in [0.29, 0.717) is 26.4 Å². The molecular weight excluding hydrogens is 304 g/mol. The first-order valence-corrected chi connectivity index (χ1v) is 7.58. The lowest BCUT2D eigenvalue weighted by Crippen LogP contribution is -2.35. The maximum absolute atomic E-state index is 12.0. The summed E-state index contributed by atoms with van der Waals surface area (Å²) in [4.78, 5) is 12.0. The van der Waals surface area contributed by atoms with Gasteiger partial charge < -0.3 is 20.1 Å². The van der Waals surface area contributed by atoms with Crippen LogP contribution in [-0.4, -0.2) is 38.3 Å². The van der Waals surface area contributed by atoms with E-state index in [1.165, 1.54) is 0 Å². The number of halogens is 1. The highest BCUT2D eigenvalue weighted by Crippen LogP contribution is 2.14. The van der Waals surface area contributed by atoms with Crippen LogP contribution in [0.15, 0.2) is 24.3 Å². The van der Waals surface area contributed by atoms with Crippen molar-refractivity contribution in [2.45, 2.75) is 32.4 Å². The van der Waals surface area contributed by atoms with Gasteiger partial charge in [-0.2, -0.15) is 0 Å². The van der Waals surface area contributed by atoms with Gasteiger partial charge in [0.15, 0.2) is 0 Å². The molecule has 2 rings (SSSR count). The molecular formula is C16H25ClN2O3. The minimum atomic E-state index is -0.0592. The molecule has 2 N–H and O–H groups in total. The van der Waals surface area contributed by atoms with Gasteiger partial charge in [0, 0.05) is 12.3 Å². The molecule has 0 aliphatic carbocycles. The fourth-order valence-corrected chi connectivity index (χ4v) is 2.33. The molecule has 5 nitrogen and oxygen atoms in total. The van der Waals surface area contributed by atoms with Crippen molar-refractivity contribution in [2.24, 2.45) is 0 Å². The second-order valence-electron chi connectivity index (χ2n) is 5.09. The number of carbonyl (C=O) groups is 1. The molecule has 1 amide bonds. The van der Waals surface area contributed by atoms with Gasteiger partial charge in [0.2, 0.25) is 5.91 Å². The highest BCUT2D eigenvalue weighted by atomic mass is 35.5. The van der Waals surface area contributed by atoms with Crippen molar-refractivity contribution < 1.29 is 14.3 Å². The van der Waals surface area contributed by atoms with E-state index in [4.69, 9.17) is 9.47 Å². The van der Waals surface area contributed by atoms with E-state index in [0.717, 1.165) is 30.6 Å². The van der Waals surface area contributed by atoms with Gasteiger partial charge in [-0.3, -0.25) is 4.79 Å². The van der Waals surface area contributed by atoms with Crippen molar-refractivity contribution in [1.29, 1.82) is 0 Å². The smallest absolute Gasteiger partial charge is 0.241 e. The summed E-state index contributed by atoms with van der Waals surface area (Å²) in [7, 11) is 0. The Bertz CT molecular complexity index is 451. The number of nitrogens with one attached hydrogen (secondary N) is 2. The number of rotatable bonds is 8. The quantitative estimate of drug-likeness (QED) is 0.719. The van der Waals surface area contributed by atoms with Crippen LogP contribution in [0.3, 0.4) is 0 Å². The zero-order valence-corrected chi connectivity index (χ0v) is 13.8. The molecule has 1 saturated heterocycles. The summed E-state index contributed by atoms with van der Waals surface area (Å²) < 4.78 is 10.7. The zero-order chi connectivity index (χ0) is 14.9. The number of benzene rings is 1. The van der Waals surface area contributed by atoms with Crippen LogP contribution in [0.2, 0.25) is 0 Å². The third-order valence-corrected chi connectivity index (χ3v) is 3.42. The van der Waals surface area contributed by atoms with Crippen molar-refractivity contribution >= 4 is 24.0 Å². The van der Waals surface area contributed by atoms with Gasteiger partial charge in [0.25, 0.3) is 0 Å². The van der Waals surface area contributed by atoms with Crippen LogP contribution < -0.4 is 10.6 Å². The molecule has 1 aliphatic heterocycles. The van der Waals surface area contributed by atoms with E-state index < -0.39 is 0 Å². The normalized spacial score (nSPS) is 17.0. The molecule has 1 unspecified atom stereocenters. The molecule has 0 saturated carbocycles. The van der Waals surface area contributed by atoms with Crippen LogP contribution in [0.25, 0.3) is 0 Å². The Morgan fingerprint density at radius 1 is 1.36 bits per heavy atom. The molecule has 1 aromatic rings. The van der Waals surface area contributed by atoms with Gasteiger partial charge in [-0.15, -0.1) is 12.4 Å². The van der Waals surface area contributed by atoms with Crippen molar-refractivity contribution in [2.75, 3.05) is 31.7 Å². The topological polar surface area (TPSA) is 59.6 Å². The average Bonchev–Trinajstić information content (AvgIpc) is 3.02. The maximum atomic E-state index is 12.0. The number of anilines is 1. The van der Waals surface area contributed by atoms with Gasteiger partial charge in [0.1, 0.15) is 0 Å². The lowest BCUT2D eigenvalue weighted by Gasteiger charge is -2.12. The Morgan fingerprint density at radius 3 is 2.91 bits per heavy atom. The monoisotopic (exact) mass is 328 g/mol. The van der Waals surface area contributed by atoms with E-state index in [-0.39, 0.29) is 24.4 Å². The third kappa shape index (κ3) is 6.32. The van der Waals surface area contributed by atoms with Crippen LogP contribution >= 0.6 is 12.4 Å². The fourth-order valence-electron chi connectivity index (χ4n) is 2.33. The van der Waals surface area contributed by atoms with Crippen molar-refractivity contribution in [3.8, 4) is 0 Å². The molecule has 1 atom stereocenters. The largest absolute Gasteiger partial charge is 0.379 e. The average molecular weight is 329 g/mol. The second-order valence-corrected chi connectivity index (χ2v) is 5.09. The van der Waals surface area contributed by atoms with Gasteiger partial charge in [0.05, 0.1) is 25.9 Å². The van der Waals surface area contributed by atoms with Gasteiger partial charge in [-0.05, 0) is 44.0 Å². The molecule has 1 aromatic carbocycles. The Morgan fingerprint density at radius 2 is 2.18 bits per heavy atom. The third-order valence-electron chi connectivity index (χ3n) is 3.42. The number of hydrogen-bond acceptors (Lipinski definition) is 4. The molecule has 124 valence electrons. The molecule has 0 aromatic heterocycles. The molecule has 6 heteroatoms. The predicted octanol–water partition coefficient (Wildman–Crippen LogP) is 2.35. The Hall–Kier alpha value is -1.14. The number of carbonyl (C=O) groups excluding carboxylic acids is 1. The van der Waals surface area contributed by atoms with Crippen LogP contribution in [0.1, 0.15) is 25.3 Å². The SMILES string of the molecule is CCOCCOCc1cccc(NC(=O)C2CCCN2)c1.Cl. The molecule has 0 radical (unpaired) electrons. The summed E-state index contributed by atoms with van der Waals surface area (Å²) in [6, 6.07) is 7.71. The molecule has 22 heavy (non-hydrogen) atoms. The summed E-state index contributed by atoms with van der Waals surface area (Å²) in [5, 5.41) is 6.15. The summed E-state index contributed by atoms with van der Waals surface area (Å²) in [6.45, 7) is 5.31. The summed E-state index contributed by atoms with van der Waals surface area (Å²) >= 11 is 0. The molecule has 1 aliphatic rings. The van der Waals surface area contributed by atoms with Gasteiger partial charge in [-0.25, -0.2) is 0 Å². The number of hydrogen-bond donors (Lipinski definition) is 2. The lowest BCUT2D eigenvalue weighted by atomic mass is 10.2. The Kier molecular flexibility index (Phi) is 9.08. The van der Waals surface area contributed by atoms with Crippen LogP contribution in [0, 0.1) is 0 Å². The molecule has 0 bridgehead atoms. The number of amides is 1. The predicted molar refractivity (Wildman–Crippen MR) is 89.5 cm³/mol. The van der Waals surface area contributed by atoms with E-state index >= 15 is 0 Å². The minimum Gasteiger partial charge on any atom is -0.379 e. The van der Waals surface area contributed by atoms with Crippen molar-refractivity contribution in [3.63, 3.8) is 0 Å². The van der Waals surface area contributed by atoms with Crippen LogP contribution in [0.5, 0.6) is 0 Å². The second kappa shape index (κ2) is 10.6. The lowest BCUT2D eigenvalue weighted by molar-refractivity contribution is -0.117. The highest BCUT2D eigenvalue weighted by Gasteiger charge is 2.21. The Labute approximate surface area is 138 Å². The van der Waals surface area contributed by atoms with E-state index in [1.54, 1.807) is 0 Å². The van der Waals surface area contributed by atoms with Crippen LogP contribution in [-0.2, 0) is 20.9 Å². The van der Waals surface area contributed by atoms with Crippen molar-refractivity contribution in [3.05, 3.63) is 29.8 Å². The molecule has 1 heterocycles. The standard InChI is InChI=1S/C16H24N2O3.ClH/c1-2-20-9-10-21-12-13-5-3-6-14(11-13)18-16(19)15-7-4-8-17-15;/h3,5-6,11,15,17H,2,4,7-10,12H2,1H3,(H,18,19);1H. The summed E-state index contributed by atoms with van der Waals surface area (Å²) in [6.07, 6.45) is 1.97. The van der Waals surface area contributed by atoms with E-state index in [2.05, 4.69) is 10.6 Å². The van der Waals surface area contributed by atoms with E-state index in [9.17, 15) is 4.79 Å². The highest BCUT2D eigenvalue weighted by molar-refractivity contribution is 5.95. The first kappa shape index (κ1) is 18.9. The first-order valence-electron chi connectivity index (χ1n) is 7.58. The van der Waals surface area contributed by atoms with Crippen LogP contribution in [0.4, 0.5) is 5.69 Å². The Balaban J connectivity index is 0.00000242. The van der Waals surface area contributed by atoms with Gasteiger partial charge >= 0.3 is 0 Å². The number of ether oxygens (including phenoxy) is 2. The summed E-state index contributed by atoms with van der Waals surface area (Å²) in [5.74, 6) is 0.0434. The summed E-state index contributed by atoms with van der Waals surface area (Å²) in [5.41, 5.74) is 1.86.